The van der Waals surface area contributed by atoms with Crippen LogP contribution in [0, 0.1) is 13.8 Å². The van der Waals surface area contributed by atoms with Crippen LogP contribution >= 0.6 is 0 Å². The van der Waals surface area contributed by atoms with Crippen LogP contribution in [0.1, 0.15) is 51.9 Å². The van der Waals surface area contributed by atoms with Crippen molar-refractivity contribution in [2.75, 3.05) is 13.7 Å². The summed E-state index contributed by atoms with van der Waals surface area (Å²) in [6.45, 7) is 6.26. The van der Waals surface area contributed by atoms with Gasteiger partial charge in [-0.25, -0.2) is 4.98 Å². The molecule has 2 N–H and O–H groups in total. The molecule has 31 heavy (non-hydrogen) atoms. The minimum Gasteiger partial charge on any atom is -0.493 e. The van der Waals surface area contributed by atoms with Crippen molar-refractivity contribution in [3.05, 3.63) is 46.8 Å². The summed E-state index contributed by atoms with van der Waals surface area (Å²) in [7, 11) is 3.28. The highest BCUT2D eigenvalue weighted by Gasteiger charge is 2.19. The number of fused-ring (bicyclic) bond motifs is 1. The molecular formula is C22H27N5O4. The number of ether oxygens (including phenoxy) is 2. The molecule has 3 aromatic rings. The van der Waals surface area contributed by atoms with Gasteiger partial charge in [0.05, 0.1) is 30.4 Å². The molecule has 0 aliphatic carbocycles. The zero-order valence-corrected chi connectivity index (χ0v) is 18.4. The summed E-state index contributed by atoms with van der Waals surface area (Å²) in [4.78, 5) is 29.8. The Morgan fingerprint density at radius 2 is 1.84 bits per heavy atom. The molecule has 0 radical (unpaired) electrons. The number of unbranched alkanes of at least 4 members (excludes halogenated alkanes) is 1. The highest BCUT2D eigenvalue weighted by Crippen LogP contribution is 2.28. The second-order valence-corrected chi connectivity index (χ2v) is 7.19. The number of hydrazine groups is 1. The van der Waals surface area contributed by atoms with Gasteiger partial charge in [-0.15, -0.1) is 0 Å². The van der Waals surface area contributed by atoms with E-state index < -0.39 is 11.8 Å². The summed E-state index contributed by atoms with van der Waals surface area (Å²) in [6, 6.07) is 6.54. The van der Waals surface area contributed by atoms with Crippen LogP contribution in [0.4, 0.5) is 0 Å². The smallest absolute Gasteiger partial charge is 0.270 e. The minimum absolute atomic E-state index is 0.327. The Morgan fingerprint density at radius 3 is 2.55 bits per heavy atom. The Hall–Kier alpha value is -3.62. The summed E-state index contributed by atoms with van der Waals surface area (Å²) in [6.07, 6.45) is 1.94. The van der Waals surface area contributed by atoms with Crippen molar-refractivity contribution in [3.63, 3.8) is 0 Å². The molecule has 164 valence electrons. The van der Waals surface area contributed by atoms with Gasteiger partial charge in [0, 0.05) is 18.3 Å². The number of hydrogen-bond donors (Lipinski definition) is 2. The Bertz CT molecular complexity index is 1120. The third-order valence-electron chi connectivity index (χ3n) is 4.81. The molecule has 0 saturated carbocycles. The second-order valence-electron chi connectivity index (χ2n) is 7.19. The molecule has 1 aromatic carbocycles. The van der Waals surface area contributed by atoms with Gasteiger partial charge in [-0.2, -0.15) is 5.10 Å². The number of methoxy groups -OCH3 is 1. The quantitative estimate of drug-likeness (QED) is 0.445. The van der Waals surface area contributed by atoms with E-state index >= 15 is 0 Å². The molecule has 3 rings (SSSR count). The van der Waals surface area contributed by atoms with Crippen LogP contribution in [-0.2, 0) is 7.05 Å². The predicted octanol–water partition coefficient (Wildman–Crippen LogP) is 2.85. The van der Waals surface area contributed by atoms with Gasteiger partial charge < -0.3 is 9.47 Å². The zero-order chi connectivity index (χ0) is 22.5. The molecule has 2 heterocycles. The first kappa shape index (κ1) is 22.1. The number of hydrogen-bond acceptors (Lipinski definition) is 6. The van der Waals surface area contributed by atoms with Gasteiger partial charge in [0.25, 0.3) is 11.8 Å². The number of aryl methyl sites for hydroxylation is 3. The Labute approximate surface area is 180 Å². The van der Waals surface area contributed by atoms with E-state index in [-0.39, 0.29) is 0 Å². The van der Waals surface area contributed by atoms with Crippen molar-refractivity contribution in [2.45, 2.75) is 33.6 Å². The van der Waals surface area contributed by atoms with Crippen molar-refractivity contribution in [1.29, 1.82) is 0 Å². The average molecular weight is 425 g/mol. The number of carbonyl (C=O) groups is 2. The lowest BCUT2D eigenvalue weighted by Crippen LogP contribution is -2.41. The van der Waals surface area contributed by atoms with Crippen LogP contribution in [0.3, 0.4) is 0 Å². The summed E-state index contributed by atoms with van der Waals surface area (Å²) >= 11 is 0. The van der Waals surface area contributed by atoms with Gasteiger partial charge in [0.2, 0.25) is 0 Å². The molecule has 2 amide bonds. The molecule has 0 aliphatic rings. The number of benzene rings is 1. The zero-order valence-electron chi connectivity index (χ0n) is 18.4. The molecule has 0 saturated heterocycles. The van der Waals surface area contributed by atoms with Gasteiger partial charge in [0.1, 0.15) is 0 Å². The van der Waals surface area contributed by atoms with E-state index in [1.807, 2.05) is 6.92 Å². The van der Waals surface area contributed by atoms with Crippen LogP contribution in [-0.4, -0.2) is 40.3 Å². The first-order chi connectivity index (χ1) is 14.8. The molecular weight excluding hydrogens is 398 g/mol. The maximum absolute atomic E-state index is 12.8. The molecule has 0 atom stereocenters. The number of nitrogens with zero attached hydrogens (tertiary/aromatic N) is 3. The lowest BCUT2D eigenvalue weighted by atomic mass is 10.1. The van der Waals surface area contributed by atoms with E-state index in [0.717, 1.165) is 12.8 Å². The van der Waals surface area contributed by atoms with Gasteiger partial charge in [-0.1, -0.05) is 13.3 Å². The van der Waals surface area contributed by atoms with Gasteiger partial charge in [0.15, 0.2) is 17.1 Å². The van der Waals surface area contributed by atoms with E-state index in [1.54, 1.807) is 42.9 Å². The largest absolute Gasteiger partial charge is 0.493 e. The number of carbonyl (C=O) groups excluding carboxylic acids is 2. The van der Waals surface area contributed by atoms with Crippen molar-refractivity contribution < 1.29 is 19.1 Å². The molecule has 0 unspecified atom stereocenters. The maximum Gasteiger partial charge on any atom is 0.270 e. The van der Waals surface area contributed by atoms with Crippen LogP contribution < -0.4 is 20.3 Å². The molecule has 0 spiro atoms. The number of amides is 2. The van der Waals surface area contributed by atoms with E-state index in [4.69, 9.17) is 9.47 Å². The van der Waals surface area contributed by atoms with Crippen molar-refractivity contribution in [2.24, 2.45) is 7.05 Å². The number of pyridine rings is 1. The number of rotatable bonds is 7. The van der Waals surface area contributed by atoms with Gasteiger partial charge in [-0.3, -0.25) is 25.1 Å². The average Bonchev–Trinajstić information content (AvgIpc) is 3.04. The van der Waals surface area contributed by atoms with Crippen LogP contribution in [0.15, 0.2) is 24.3 Å². The van der Waals surface area contributed by atoms with Crippen LogP contribution in [0.5, 0.6) is 11.5 Å². The van der Waals surface area contributed by atoms with Gasteiger partial charge >= 0.3 is 0 Å². The minimum atomic E-state index is -0.475. The Morgan fingerprint density at radius 1 is 1.10 bits per heavy atom. The SMILES string of the molecule is CCCCOc1ccc(C(=O)NNC(=O)c2cc(C)nc3c2c(C)nn3C)cc1OC. The van der Waals surface area contributed by atoms with E-state index in [9.17, 15) is 9.59 Å². The van der Waals surface area contributed by atoms with Crippen molar-refractivity contribution >= 4 is 22.8 Å². The van der Waals surface area contributed by atoms with Gasteiger partial charge in [-0.05, 0) is 44.5 Å². The van der Waals surface area contributed by atoms with E-state index in [1.165, 1.54) is 7.11 Å². The first-order valence-corrected chi connectivity index (χ1v) is 10.1. The number of aromatic nitrogens is 3. The lowest BCUT2D eigenvalue weighted by molar-refractivity contribution is 0.0847. The third kappa shape index (κ3) is 4.76. The summed E-state index contributed by atoms with van der Waals surface area (Å²) in [5.74, 6) is 0.0916. The number of nitrogens with one attached hydrogen (secondary N) is 2. The highest BCUT2D eigenvalue weighted by molar-refractivity contribution is 6.07. The summed E-state index contributed by atoms with van der Waals surface area (Å²) in [5.41, 5.74) is 7.61. The Kier molecular flexibility index (Phi) is 6.74. The fourth-order valence-electron chi connectivity index (χ4n) is 3.26. The molecule has 0 bridgehead atoms. The van der Waals surface area contributed by atoms with E-state index in [0.29, 0.717) is 51.7 Å². The molecule has 9 nitrogen and oxygen atoms in total. The monoisotopic (exact) mass is 425 g/mol. The lowest BCUT2D eigenvalue weighted by Gasteiger charge is -2.13. The third-order valence-corrected chi connectivity index (χ3v) is 4.81. The maximum atomic E-state index is 12.8. The molecule has 0 aliphatic heterocycles. The van der Waals surface area contributed by atoms with E-state index in [2.05, 4.69) is 27.9 Å². The highest BCUT2D eigenvalue weighted by atomic mass is 16.5. The topological polar surface area (TPSA) is 107 Å². The molecule has 2 aromatic heterocycles. The predicted molar refractivity (Wildman–Crippen MR) is 116 cm³/mol. The summed E-state index contributed by atoms with van der Waals surface area (Å²) in [5, 5.41) is 4.98. The standard InChI is InChI=1S/C22H27N5O4/c1-6-7-10-31-17-9-8-15(12-18(17)30-5)21(28)24-25-22(29)16-11-13(2)23-20-19(16)14(3)26-27(20)4/h8-9,11-12H,6-7,10H2,1-5H3,(H,24,28)(H,25,29). The fourth-order valence-corrected chi connectivity index (χ4v) is 3.26. The fraction of sp³-hybridized carbons (Fsp3) is 0.364. The van der Waals surface area contributed by atoms with Crippen LogP contribution in [0.2, 0.25) is 0 Å². The second kappa shape index (κ2) is 9.46. The summed E-state index contributed by atoms with van der Waals surface area (Å²) < 4.78 is 12.6. The molecule has 9 heteroatoms. The first-order valence-electron chi connectivity index (χ1n) is 10.1. The normalized spacial score (nSPS) is 10.7. The Balaban J connectivity index is 1.74. The molecule has 0 fully saturated rings. The van der Waals surface area contributed by atoms with Crippen molar-refractivity contribution in [1.82, 2.24) is 25.6 Å². The van der Waals surface area contributed by atoms with Crippen molar-refractivity contribution in [3.8, 4) is 11.5 Å². The van der Waals surface area contributed by atoms with Crippen LogP contribution in [0.25, 0.3) is 11.0 Å².